The molecule has 34 heavy (non-hydrogen) atoms. The molecule has 0 aliphatic rings. The summed E-state index contributed by atoms with van der Waals surface area (Å²) in [7, 11) is 0. The predicted molar refractivity (Wildman–Crippen MR) is 140 cm³/mol. The summed E-state index contributed by atoms with van der Waals surface area (Å²) in [6.45, 7) is 6.60. The smallest absolute Gasteiger partial charge is 0.269 e. The molecule has 2 rings (SSSR count). The van der Waals surface area contributed by atoms with Crippen LogP contribution in [0.3, 0.4) is 0 Å². The lowest BCUT2D eigenvalue weighted by atomic mass is 10.1. The molecule has 0 aliphatic carbocycles. The number of rotatable bonds is 9. The van der Waals surface area contributed by atoms with Crippen molar-refractivity contribution in [3.63, 3.8) is 0 Å². The molecule has 0 saturated heterocycles. The minimum atomic E-state index is -0.472. The fraction of sp³-hybridized carbons (Fsp3) is 0.333. The van der Waals surface area contributed by atoms with E-state index in [-0.39, 0.29) is 11.0 Å². The van der Waals surface area contributed by atoms with E-state index in [0.29, 0.717) is 41.5 Å². The minimum absolute atomic E-state index is 0.0742. The van der Waals surface area contributed by atoms with Crippen LogP contribution in [0.4, 0.5) is 5.69 Å². The van der Waals surface area contributed by atoms with Crippen molar-refractivity contribution in [2.45, 2.75) is 40.0 Å². The highest BCUT2D eigenvalue weighted by Crippen LogP contribution is 2.23. The maximum absolute atomic E-state index is 12.7. The number of hydrazine groups is 1. The highest BCUT2D eigenvalue weighted by Gasteiger charge is 2.16. The molecular formula is C24H29BrN4O4S. The van der Waals surface area contributed by atoms with Crippen LogP contribution < -0.4 is 26.2 Å². The molecule has 0 unspecified atom stereocenters. The molecule has 0 bridgehead atoms. The Morgan fingerprint density at radius 3 is 2.38 bits per heavy atom. The summed E-state index contributed by atoms with van der Waals surface area (Å²) in [5.74, 6) is -0.0900. The highest BCUT2D eigenvalue weighted by molar-refractivity contribution is 9.10. The summed E-state index contributed by atoms with van der Waals surface area (Å²) in [6.07, 6.45) is 2.04. The Hall–Kier alpha value is -2.98. The van der Waals surface area contributed by atoms with E-state index in [0.717, 1.165) is 17.3 Å². The number of carbonyl (C=O) groups excluding carboxylic acids is 3. The molecule has 0 spiro atoms. The predicted octanol–water partition coefficient (Wildman–Crippen LogP) is 4.56. The first-order valence-corrected chi connectivity index (χ1v) is 12.1. The molecule has 2 aromatic carbocycles. The van der Waals surface area contributed by atoms with E-state index in [1.807, 2.05) is 6.92 Å². The van der Waals surface area contributed by atoms with Crippen LogP contribution in [0, 0.1) is 5.92 Å². The molecule has 4 N–H and O–H groups in total. The van der Waals surface area contributed by atoms with Gasteiger partial charge >= 0.3 is 0 Å². The van der Waals surface area contributed by atoms with Gasteiger partial charge in [-0.15, -0.1) is 0 Å². The van der Waals surface area contributed by atoms with Crippen LogP contribution in [0.2, 0.25) is 0 Å². The van der Waals surface area contributed by atoms with Crippen LogP contribution in [0.1, 0.15) is 60.7 Å². The van der Waals surface area contributed by atoms with Gasteiger partial charge in [0.25, 0.3) is 11.8 Å². The first kappa shape index (κ1) is 27.3. The summed E-state index contributed by atoms with van der Waals surface area (Å²) >= 11 is 8.49. The van der Waals surface area contributed by atoms with Gasteiger partial charge in [-0.2, -0.15) is 0 Å². The lowest BCUT2D eigenvalue weighted by Crippen LogP contribution is -2.48. The molecule has 0 heterocycles. The van der Waals surface area contributed by atoms with Gasteiger partial charge in [0.15, 0.2) is 5.11 Å². The van der Waals surface area contributed by atoms with Gasteiger partial charge in [-0.25, -0.2) is 0 Å². The number of benzene rings is 2. The van der Waals surface area contributed by atoms with Crippen molar-refractivity contribution in [3.05, 3.63) is 58.1 Å². The summed E-state index contributed by atoms with van der Waals surface area (Å²) in [6, 6.07) is 11.6. The molecular weight excluding hydrogens is 520 g/mol. The van der Waals surface area contributed by atoms with Gasteiger partial charge in [-0.05, 0) is 73.4 Å². The standard InChI is InChI=1S/C24H29BrN4O4S/c1-4-5-21(30)26-18-9-6-16(7-10-18)22(31)28-29-24(34)27-23(32)19-14-17(25)8-11-20(19)33-13-12-15(2)3/h6-11,14-15H,4-5,12-13H2,1-3H3,(H,26,30)(H,28,31)(H2,27,29,32,34). The summed E-state index contributed by atoms with van der Waals surface area (Å²) in [4.78, 5) is 36.7. The lowest BCUT2D eigenvalue weighted by molar-refractivity contribution is -0.116. The molecule has 0 fully saturated rings. The van der Waals surface area contributed by atoms with Crippen molar-refractivity contribution in [2.75, 3.05) is 11.9 Å². The molecule has 0 aromatic heterocycles. The van der Waals surface area contributed by atoms with Crippen molar-refractivity contribution in [3.8, 4) is 5.75 Å². The van der Waals surface area contributed by atoms with Gasteiger partial charge in [-0.3, -0.25) is 30.6 Å². The largest absolute Gasteiger partial charge is 0.493 e. The third kappa shape index (κ3) is 9.11. The molecule has 0 aliphatic heterocycles. The van der Waals surface area contributed by atoms with Crippen molar-refractivity contribution < 1.29 is 19.1 Å². The van der Waals surface area contributed by atoms with Gasteiger partial charge < -0.3 is 10.1 Å². The monoisotopic (exact) mass is 548 g/mol. The topological polar surface area (TPSA) is 109 Å². The average molecular weight is 549 g/mol. The number of nitrogens with one attached hydrogen (secondary N) is 4. The fourth-order valence-electron chi connectivity index (χ4n) is 2.75. The Morgan fingerprint density at radius 2 is 1.74 bits per heavy atom. The Balaban J connectivity index is 1.90. The number of amides is 3. The quantitative estimate of drug-likeness (QED) is 0.270. The first-order chi connectivity index (χ1) is 16.2. The van der Waals surface area contributed by atoms with Crippen molar-refractivity contribution >= 4 is 56.7 Å². The first-order valence-electron chi connectivity index (χ1n) is 10.9. The van der Waals surface area contributed by atoms with Gasteiger partial charge in [0.2, 0.25) is 5.91 Å². The van der Waals surface area contributed by atoms with Crippen LogP contribution in [-0.2, 0) is 4.79 Å². The van der Waals surface area contributed by atoms with Crippen LogP contribution >= 0.6 is 28.1 Å². The third-order valence-electron chi connectivity index (χ3n) is 4.56. The number of thiocarbonyl (C=S) groups is 1. The van der Waals surface area contributed by atoms with Gasteiger partial charge in [0, 0.05) is 22.1 Å². The van der Waals surface area contributed by atoms with E-state index in [1.165, 1.54) is 0 Å². The number of halogens is 1. The average Bonchev–Trinajstić information content (AvgIpc) is 2.78. The summed E-state index contributed by atoms with van der Waals surface area (Å²) in [5, 5.41) is 5.21. The number of anilines is 1. The van der Waals surface area contributed by atoms with Crippen LogP contribution in [-0.4, -0.2) is 29.4 Å². The van der Waals surface area contributed by atoms with E-state index in [2.05, 4.69) is 51.3 Å². The Bertz CT molecular complexity index is 1030. The van der Waals surface area contributed by atoms with E-state index < -0.39 is 11.8 Å². The molecule has 8 nitrogen and oxygen atoms in total. The van der Waals surface area contributed by atoms with E-state index in [4.69, 9.17) is 17.0 Å². The van der Waals surface area contributed by atoms with Gasteiger partial charge in [0.05, 0.1) is 12.2 Å². The third-order valence-corrected chi connectivity index (χ3v) is 5.26. The number of hydrogen-bond donors (Lipinski definition) is 4. The molecule has 2 aromatic rings. The molecule has 10 heteroatoms. The zero-order chi connectivity index (χ0) is 25.1. The second kappa shape index (κ2) is 13.7. The zero-order valence-electron chi connectivity index (χ0n) is 19.4. The van der Waals surface area contributed by atoms with Crippen LogP contribution in [0.5, 0.6) is 5.75 Å². The fourth-order valence-corrected chi connectivity index (χ4v) is 3.26. The minimum Gasteiger partial charge on any atom is -0.493 e. The summed E-state index contributed by atoms with van der Waals surface area (Å²) in [5.41, 5.74) is 6.22. The van der Waals surface area contributed by atoms with E-state index in [9.17, 15) is 14.4 Å². The Kier molecular flexibility index (Phi) is 11.0. The van der Waals surface area contributed by atoms with Crippen molar-refractivity contribution in [2.24, 2.45) is 5.92 Å². The van der Waals surface area contributed by atoms with Crippen molar-refractivity contribution in [1.29, 1.82) is 0 Å². The second-order valence-electron chi connectivity index (χ2n) is 7.91. The van der Waals surface area contributed by atoms with E-state index >= 15 is 0 Å². The zero-order valence-corrected chi connectivity index (χ0v) is 21.8. The highest BCUT2D eigenvalue weighted by atomic mass is 79.9. The summed E-state index contributed by atoms with van der Waals surface area (Å²) < 4.78 is 6.49. The number of ether oxygens (including phenoxy) is 1. The molecule has 182 valence electrons. The number of hydrogen-bond acceptors (Lipinski definition) is 5. The maximum Gasteiger partial charge on any atom is 0.269 e. The van der Waals surface area contributed by atoms with E-state index in [1.54, 1.807) is 42.5 Å². The lowest BCUT2D eigenvalue weighted by Gasteiger charge is -2.14. The molecule has 0 radical (unpaired) electrons. The molecule has 3 amide bonds. The van der Waals surface area contributed by atoms with Crippen LogP contribution in [0.25, 0.3) is 0 Å². The van der Waals surface area contributed by atoms with Crippen molar-refractivity contribution in [1.82, 2.24) is 16.2 Å². The molecule has 0 atom stereocenters. The van der Waals surface area contributed by atoms with Gasteiger partial charge in [-0.1, -0.05) is 36.7 Å². The SMILES string of the molecule is CCCC(=O)Nc1ccc(C(=O)NNC(=S)NC(=O)c2cc(Br)ccc2OCCC(C)C)cc1. The van der Waals surface area contributed by atoms with Crippen LogP contribution in [0.15, 0.2) is 46.9 Å². The second-order valence-corrected chi connectivity index (χ2v) is 9.23. The number of carbonyl (C=O) groups is 3. The van der Waals surface area contributed by atoms with Gasteiger partial charge in [0.1, 0.15) is 5.75 Å². The Morgan fingerprint density at radius 1 is 1.03 bits per heavy atom. The normalized spacial score (nSPS) is 10.4. The maximum atomic E-state index is 12.7. The Labute approximate surface area is 213 Å². The molecule has 0 saturated carbocycles.